The zero-order chi connectivity index (χ0) is 13.7. The molecule has 19 heavy (non-hydrogen) atoms. The molecule has 1 fully saturated rings. The van der Waals surface area contributed by atoms with Crippen molar-refractivity contribution in [1.29, 1.82) is 0 Å². The van der Waals surface area contributed by atoms with Crippen LogP contribution in [0, 0.1) is 5.92 Å². The molecule has 1 aliphatic rings. The molecule has 0 radical (unpaired) electrons. The Morgan fingerprint density at radius 1 is 1.37 bits per heavy atom. The molecule has 1 aliphatic carbocycles. The van der Waals surface area contributed by atoms with Gasteiger partial charge in [-0.05, 0) is 31.7 Å². The lowest BCUT2D eigenvalue weighted by molar-refractivity contribution is 0.0948. The van der Waals surface area contributed by atoms with Crippen molar-refractivity contribution in [3.05, 3.63) is 23.5 Å². The van der Waals surface area contributed by atoms with Crippen molar-refractivity contribution in [3.63, 3.8) is 0 Å². The summed E-state index contributed by atoms with van der Waals surface area (Å²) < 4.78 is 0. The number of amides is 1. The molecular formula is C15H22N2O2. The third-order valence-corrected chi connectivity index (χ3v) is 3.88. The number of rotatable bonds is 6. The predicted molar refractivity (Wildman–Crippen MR) is 74.3 cm³/mol. The first-order valence-corrected chi connectivity index (χ1v) is 7.14. The first-order chi connectivity index (χ1) is 9.16. The van der Waals surface area contributed by atoms with Crippen molar-refractivity contribution in [3.8, 4) is 0 Å². The number of nitrogens with one attached hydrogen (secondary N) is 2. The summed E-state index contributed by atoms with van der Waals surface area (Å²) in [6, 6.07) is 1.61. The lowest BCUT2D eigenvalue weighted by atomic mass is 10.0. The van der Waals surface area contributed by atoms with Crippen LogP contribution in [0.25, 0.3) is 0 Å². The summed E-state index contributed by atoms with van der Waals surface area (Å²) in [5.74, 6) is 0.710. The smallest absolute Gasteiger partial charge is 0.267 e. The van der Waals surface area contributed by atoms with Crippen molar-refractivity contribution in [2.24, 2.45) is 5.92 Å². The lowest BCUT2D eigenvalue weighted by Crippen LogP contribution is -2.25. The number of carbonyl (C=O) groups excluding carboxylic acids is 2. The number of ketones is 1. The zero-order valence-corrected chi connectivity index (χ0v) is 11.5. The van der Waals surface area contributed by atoms with Gasteiger partial charge in [-0.25, -0.2) is 0 Å². The van der Waals surface area contributed by atoms with Crippen LogP contribution < -0.4 is 5.32 Å². The Morgan fingerprint density at radius 3 is 2.74 bits per heavy atom. The van der Waals surface area contributed by atoms with Crippen LogP contribution in [-0.4, -0.2) is 23.2 Å². The Morgan fingerprint density at radius 2 is 2.11 bits per heavy atom. The minimum Gasteiger partial charge on any atom is -0.356 e. The maximum absolute atomic E-state index is 11.8. The van der Waals surface area contributed by atoms with Crippen LogP contribution in [0.15, 0.2) is 12.3 Å². The maximum atomic E-state index is 11.8. The Labute approximate surface area is 114 Å². The first-order valence-electron chi connectivity index (χ1n) is 7.14. The Bertz CT molecular complexity index is 445. The lowest BCUT2D eigenvalue weighted by Gasteiger charge is -2.08. The van der Waals surface area contributed by atoms with Gasteiger partial charge in [0.05, 0.1) is 0 Å². The van der Waals surface area contributed by atoms with Gasteiger partial charge in [-0.15, -0.1) is 0 Å². The zero-order valence-electron chi connectivity index (χ0n) is 11.5. The molecule has 4 heteroatoms. The SMILES string of the molecule is CC(=O)c1c[nH]c(C(=O)NCCCC2CCCC2)c1. The highest BCUT2D eigenvalue weighted by Crippen LogP contribution is 2.28. The molecule has 1 amide bonds. The molecule has 0 aliphatic heterocycles. The van der Waals surface area contributed by atoms with E-state index >= 15 is 0 Å². The normalized spacial score (nSPS) is 15.6. The van der Waals surface area contributed by atoms with Crippen LogP contribution in [0.1, 0.15) is 66.3 Å². The van der Waals surface area contributed by atoms with Gasteiger partial charge in [0.25, 0.3) is 5.91 Å². The number of hydrogen-bond donors (Lipinski definition) is 2. The average Bonchev–Trinajstić information content (AvgIpc) is 3.05. The molecule has 1 aromatic heterocycles. The molecule has 0 aromatic carbocycles. The summed E-state index contributed by atoms with van der Waals surface area (Å²) in [4.78, 5) is 25.8. The van der Waals surface area contributed by atoms with Crippen LogP contribution in [-0.2, 0) is 0 Å². The van der Waals surface area contributed by atoms with Gasteiger partial charge in [0.1, 0.15) is 5.69 Å². The summed E-state index contributed by atoms with van der Waals surface area (Å²) in [5, 5.41) is 2.89. The van der Waals surface area contributed by atoms with Crippen molar-refractivity contribution in [2.75, 3.05) is 6.54 Å². The third kappa shape index (κ3) is 3.94. The van der Waals surface area contributed by atoms with Crippen molar-refractivity contribution in [1.82, 2.24) is 10.3 Å². The van der Waals surface area contributed by atoms with Gasteiger partial charge in [-0.1, -0.05) is 25.7 Å². The summed E-state index contributed by atoms with van der Waals surface area (Å²) in [5.41, 5.74) is 1.02. The topological polar surface area (TPSA) is 62.0 Å². The van der Waals surface area contributed by atoms with Gasteiger partial charge in [0.15, 0.2) is 5.78 Å². The number of aromatic nitrogens is 1. The molecule has 0 unspecified atom stereocenters. The molecule has 2 N–H and O–H groups in total. The number of Topliss-reactive ketones (excluding diaryl/α,β-unsaturated/α-hetero) is 1. The quantitative estimate of drug-likeness (QED) is 0.611. The minimum absolute atomic E-state index is 0.0310. The third-order valence-electron chi connectivity index (χ3n) is 3.88. The van der Waals surface area contributed by atoms with E-state index in [0.29, 0.717) is 17.8 Å². The molecule has 1 saturated carbocycles. The number of hydrogen-bond acceptors (Lipinski definition) is 2. The highest BCUT2D eigenvalue weighted by molar-refractivity contribution is 5.99. The average molecular weight is 262 g/mol. The highest BCUT2D eigenvalue weighted by Gasteiger charge is 2.14. The van der Waals surface area contributed by atoms with Gasteiger partial charge in [-0.2, -0.15) is 0 Å². The van der Waals surface area contributed by atoms with E-state index in [1.54, 1.807) is 12.3 Å². The summed E-state index contributed by atoms with van der Waals surface area (Å²) in [6.07, 6.45) is 9.27. The molecule has 1 aromatic rings. The molecular weight excluding hydrogens is 240 g/mol. The van der Waals surface area contributed by atoms with Crippen LogP contribution >= 0.6 is 0 Å². The van der Waals surface area contributed by atoms with Crippen LogP contribution in [0.5, 0.6) is 0 Å². The monoisotopic (exact) mass is 262 g/mol. The fraction of sp³-hybridized carbons (Fsp3) is 0.600. The fourth-order valence-electron chi connectivity index (χ4n) is 2.72. The molecule has 0 atom stereocenters. The van der Waals surface area contributed by atoms with Crippen LogP contribution in [0.3, 0.4) is 0 Å². The molecule has 0 saturated heterocycles. The van der Waals surface area contributed by atoms with Gasteiger partial charge < -0.3 is 10.3 Å². The van der Waals surface area contributed by atoms with E-state index in [1.807, 2.05) is 0 Å². The number of aromatic amines is 1. The molecule has 2 rings (SSSR count). The largest absolute Gasteiger partial charge is 0.356 e. The summed E-state index contributed by atoms with van der Waals surface area (Å²) in [6.45, 7) is 2.20. The van der Waals surface area contributed by atoms with E-state index in [4.69, 9.17) is 0 Å². The molecule has 4 nitrogen and oxygen atoms in total. The van der Waals surface area contributed by atoms with Crippen molar-refractivity contribution in [2.45, 2.75) is 45.4 Å². The second-order valence-electron chi connectivity index (χ2n) is 5.41. The minimum atomic E-state index is -0.126. The van der Waals surface area contributed by atoms with Crippen molar-refractivity contribution >= 4 is 11.7 Å². The second-order valence-corrected chi connectivity index (χ2v) is 5.41. The second kappa shape index (κ2) is 6.55. The first kappa shape index (κ1) is 13.8. The van der Waals surface area contributed by atoms with Gasteiger partial charge in [0, 0.05) is 18.3 Å². The van der Waals surface area contributed by atoms with E-state index < -0.39 is 0 Å². The van der Waals surface area contributed by atoms with E-state index in [-0.39, 0.29) is 11.7 Å². The molecule has 1 heterocycles. The molecule has 0 spiro atoms. The van der Waals surface area contributed by atoms with E-state index in [2.05, 4.69) is 10.3 Å². The van der Waals surface area contributed by atoms with Crippen LogP contribution in [0.4, 0.5) is 0 Å². The number of carbonyl (C=O) groups is 2. The van der Waals surface area contributed by atoms with Gasteiger partial charge in [0.2, 0.25) is 0 Å². The number of H-pyrrole nitrogens is 1. The molecule has 104 valence electrons. The Balaban J connectivity index is 1.69. The Hall–Kier alpha value is -1.58. The maximum Gasteiger partial charge on any atom is 0.267 e. The van der Waals surface area contributed by atoms with Gasteiger partial charge in [-0.3, -0.25) is 9.59 Å². The van der Waals surface area contributed by atoms with E-state index in [9.17, 15) is 9.59 Å². The van der Waals surface area contributed by atoms with E-state index in [1.165, 1.54) is 39.0 Å². The van der Waals surface area contributed by atoms with Crippen molar-refractivity contribution < 1.29 is 9.59 Å². The fourth-order valence-corrected chi connectivity index (χ4v) is 2.72. The van der Waals surface area contributed by atoms with Crippen LogP contribution in [0.2, 0.25) is 0 Å². The highest BCUT2D eigenvalue weighted by atomic mass is 16.2. The Kier molecular flexibility index (Phi) is 4.77. The standard InChI is InChI=1S/C15H22N2O2/c1-11(18)13-9-14(17-10-13)15(19)16-8-4-7-12-5-2-3-6-12/h9-10,12,17H,2-8H2,1H3,(H,16,19). The predicted octanol–water partition coefficient (Wildman–Crippen LogP) is 2.92. The molecule has 0 bridgehead atoms. The summed E-state index contributed by atoms with van der Waals surface area (Å²) >= 11 is 0. The van der Waals surface area contributed by atoms with E-state index in [0.717, 1.165) is 12.3 Å². The summed E-state index contributed by atoms with van der Waals surface area (Å²) in [7, 11) is 0. The van der Waals surface area contributed by atoms with Gasteiger partial charge >= 0.3 is 0 Å².